The average Bonchev–Trinajstić information content (AvgIpc) is 2.98. The minimum atomic E-state index is -3.71. The first-order valence-electron chi connectivity index (χ1n) is 7.44. The van der Waals surface area contributed by atoms with E-state index in [2.05, 4.69) is 14.9 Å². The van der Waals surface area contributed by atoms with E-state index >= 15 is 0 Å². The van der Waals surface area contributed by atoms with Gasteiger partial charge in [0, 0.05) is 5.39 Å². The Bertz CT molecular complexity index is 1020. The summed E-state index contributed by atoms with van der Waals surface area (Å²) in [6.45, 7) is 5.47. The number of ether oxygens (including phenoxy) is 1. The van der Waals surface area contributed by atoms with Crippen molar-refractivity contribution in [1.29, 1.82) is 0 Å². The summed E-state index contributed by atoms with van der Waals surface area (Å²) in [5.41, 5.74) is 3.53. The second kappa shape index (κ2) is 5.83. The number of aromatic amines is 1. The van der Waals surface area contributed by atoms with Crippen molar-refractivity contribution in [1.82, 2.24) is 10.2 Å². The molecule has 0 spiro atoms. The van der Waals surface area contributed by atoms with Crippen LogP contribution in [0.3, 0.4) is 0 Å². The molecule has 6 nitrogen and oxygen atoms in total. The van der Waals surface area contributed by atoms with Crippen molar-refractivity contribution < 1.29 is 13.2 Å². The molecule has 2 N–H and O–H groups in total. The van der Waals surface area contributed by atoms with Crippen molar-refractivity contribution in [3.63, 3.8) is 0 Å². The summed E-state index contributed by atoms with van der Waals surface area (Å²) in [6, 6.07) is 6.89. The lowest BCUT2D eigenvalue weighted by Gasteiger charge is -2.16. The Balaban J connectivity index is 2.04. The maximum atomic E-state index is 12.8. The average molecular weight is 345 g/mol. The molecule has 0 unspecified atom stereocenters. The molecule has 1 heterocycles. The number of nitrogens with one attached hydrogen (secondary N) is 2. The zero-order valence-electron chi connectivity index (χ0n) is 14.0. The van der Waals surface area contributed by atoms with Gasteiger partial charge in [-0.05, 0) is 61.7 Å². The molecular weight excluding hydrogens is 326 g/mol. The van der Waals surface area contributed by atoms with Crippen molar-refractivity contribution >= 4 is 26.6 Å². The molecule has 0 amide bonds. The summed E-state index contributed by atoms with van der Waals surface area (Å²) >= 11 is 0. The van der Waals surface area contributed by atoms with Crippen LogP contribution >= 0.6 is 0 Å². The van der Waals surface area contributed by atoms with Gasteiger partial charge in [0.05, 0.1) is 29.4 Å². The van der Waals surface area contributed by atoms with E-state index in [-0.39, 0.29) is 4.90 Å². The summed E-state index contributed by atoms with van der Waals surface area (Å²) in [5, 5.41) is 7.69. The van der Waals surface area contributed by atoms with Crippen LogP contribution in [0.2, 0.25) is 0 Å². The van der Waals surface area contributed by atoms with Gasteiger partial charge >= 0.3 is 0 Å². The Morgan fingerprint density at radius 1 is 1.12 bits per heavy atom. The Morgan fingerprint density at radius 2 is 1.88 bits per heavy atom. The summed E-state index contributed by atoms with van der Waals surface area (Å²) < 4.78 is 33.6. The van der Waals surface area contributed by atoms with E-state index in [1.807, 2.05) is 19.9 Å². The highest BCUT2D eigenvalue weighted by atomic mass is 32.2. The van der Waals surface area contributed by atoms with Crippen LogP contribution in [-0.2, 0) is 10.0 Å². The predicted molar refractivity (Wildman–Crippen MR) is 94.1 cm³/mol. The van der Waals surface area contributed by atoms with E-state index in [0.717, 1.165) is 22.0 Å². The van der Waals surface area contributed by atoms with Crippen LogP contribution < -0.4 is 9.46 Å². The number of rotatable bonds is 4. The highest BCUT2D eigenvalue weighted by Gasteiger charge is 2.21. The predicted octanol–water partition coefficient (Wildman–Crippen LogP) is 3.30. The molecule has 0 bridgehead atoms. The van der Waals surface area contributed by atoms with Crippen molar-refractivity contribution in [2.75, 3.05) is 11.8 Å². The fourth-order valence-electron chi connectivity index (χ4n) is 2.83. The van der Waals surface area contributed by atoms with E-state index in [1.54, 1.807) is 38.4 Å². The van der Waals surface area contributed by atoms with Crippen molar-refractivity contribution in [3.8, 4) is 5.75 Å². The van der Waals surface area contributed by atoms with Gasteiger partial charge in [0.1, 0.15) is 5.75 Å². The second-order valence-corrected chi connectivity index (χ2v) is 7.40. The van der Waals surface area contributed by atoms with Crippen LogP contribution in [0.15, 0.2) is 35.4 Å². The molecule has 0 aliphatic carbocycles. The number of aromatic nitrogens is 2. The monoisotopic (exact) mass is 345 g/mol. The number of nitrogens with zero attached hydrogens (tertiary/aromatic N) is 1. The summed E-state index contributed by atoms with van der Waals surface area (Å²) in [5.74, 6) is 0.713. The fraction of sp³-hybridized carbons (Fsp3) is 0.235. The molecule has 126 valence electrons. The van der Waals surface area contributed by atoms with Gasteiger partial charge in [-0.3, -0.25) is 9.82 Å². The molecule has 0 aliphatic rings. The molecule has 0 aliphatic heterocycles. The smallest absolute Gasteiger partial charge is 0.262 e. The lowest BCUT2D eigenvalue weighted by atomic mass is 10.1. The number of benzene rings is 2. The fourth-order valence-corrected chi connectivity index (χ4v) is 4.26. The van der Waals surface area contributed by atoms with Crippen LogP contribution in [0.4, 0.5) is 5.69 Å². The Hall–Kier alpha value is -2.54. The van der Waals surface area contributed by atoms with E-state index in [4.69, 9.17) is 4.74 Å². The molecule has 0 saturated carbocycles. The number of aryl methyl sites for hydroxylation is 1. The topological polar surface area (TPSA) is 84.1 Å². The van der Waals surface area contributed by atoms with Crippen LogP contribution in [0, 0.1) is 20.8 Å². The first-order chi connectivity index (χ1) is 11.3. The number of methoxy groups -OCH3 is 1. The molecule has 3 aromatic rings. The molecule has 3 rings (SSSR count). The summed E-state index contributed by atoms with van der Waals surface area (Å²) in [7, 11) is -2.12. The van der Waals surface area contributed by atoms with E-state index in [9.17, 15) is 8.42 Å². The SMILES string of the molecule is COc1c(C)cc(S(=O)(=O)Nc2ccc3cn[nH]c3c2)c(C)c1C. The van der Waals surface area contributed by atoms with Gasteiger partial charge in [0.2, 0.25) is 0 Å². The number of fused-ring (bicyclic) bond motifs is 1. The number of anilines is 1. The first kappa shape index (κ1) is 16.3. The normalized spacial score (nSPS) is 11.7. The lowest BCUT2D eigenvalue weighted by Crippen LogP contribution is -2.15. The molecule has 0 fully saturated rings. The number of H-pyrrole nitrogens is 1. The molecule has 7 heteroatoms. The third-order valence-electron chi connectivity index (χ3n) is 4.17. The lowest BCUT2D eigenvalue weighted by molar-refractivity contribution is 0.407. The minimum absolute atomic E-state index is 0.253. The van der Waals surface area contributed by atoms with Crippen molar-refractivity contribution in [3.05, 3.63) is 47.2 Å². The van der Waals surface area contributed by atoms with E-state index in [1.165, 1.54) is 0 Å². The number of sulfonamides is 1. The van der Waals surface area contributed by atoms with Crippen LogP contribution in [-0.4, -0.2) is 25.7 Å². The van der Waals surface area contributed by atoms with Crippen LogP contribution in [0.25, 0.3) is 10.9 Å². The molecule has 24 heavy (non-hydrogen) atoms. The van der Waals surface area contributed by atoms with Gasteiger partial charge in [-0.15, -0.1) is 0 Å². The maximum Gasteiger partial charge on any atom is 0.262 e. The summed E-state index contributed by atoms with van der Waals surface area (Å²) in [6.07, 6.45) is 1.69. The van der Waals surface area contributed by atoms with Crippen molar-refractivity contribution in [2.24, 2.45) is 0 Å². The van der Waals surface area contributed by atoms with Crippen LogP contribution in [0.1, 0.15) is 16.7 Å². The molecule has 2 aromatic carbocycles. The maximum absolute atomic E-state index is 12.8. The third-order valence-corrected chi connectivity index (χ3v) is 5.67. The quantitative estimate of drug-likeness (QED) is 0.760. The van der Waals surface area contributed by atoms with Gasteiger partial charge in [0.25, 0.3) is 10.0 Å². The van der Waals surface area contributed by atoms with Crippen molar-refractivity contribution in [2.45, 2.75) is 25.7 Å². The number of hydrogen-bond acceptors (Lipinski definition) is 4. The zero-order chi connectivity index (χ0) is 17.5. The van der Waals surface area contributed by atoms with E-state index in [0.29, 0.717) is 17.0 Å². The van der Waals surface area contributed by atoms with Gasteiger partial charge in [-0.25, -0.2) is 8.42 Å². The molecule has 0 atom stereocenters. The Kier molecular flexibility index (Phi) is 3.96. The molecule has 0 saturated heterocycles. The number of hydrogen-bond donors (Lipinski definition) is 2. The molecular formula is C17H19N3O3S. The van der Waals surface area contributed by atoms with Gasteiger partial charge in [-0.2, -0.15) is 5.10 Å². The van der Waals surface area contributed by atoms with Gasteiger partial charge in [0.15, 0.2) is 0 Å². The largest absolute Gasteiger partial charge is 0.496 e. The summed E-state index contributed by atoms with van der Waals surface area (Å²) in [4.78, 5) is 0.253. The van der Waals surface area contributed by atoms with Crippen LogP contribution in [0.5, 0.6) is 5.75 Å². The minimum Gasteiger partial charge on any atom is -0.496 e. The van der Waals surface area contributed by atoms with E-state index < -0.39 is 10.0 Å². The van der Waals surface area contributed by atoms with Gasteiger partial charge < -0.3 is 4.74 Å². The highest BCUT2D eigenvalue weighted by Crippen LogP contribution is 2.32. The first-order valence-corrected chi connectivity index (χ1v) is 8.92. The zero-order valence-corrected chi connectivity index (χ0v) is 14.8. The third kappa shape index (κ3) is 2.71. The standard InChI is InChI=1S/C17H19N3O3S/c1-10-7-16(11(2)12(3)17(10)23-4)24(21,22)20-14-6-5-13-9-18-19-15(13)8-14/h5-9,20H,1-4H3,(H,18,19). The Morgan fingerprint density at radius 3 is 2.58 bits per heavy atom. The molecule has 0 radical (unpaired) electrons. The molecule has 1 aromatic heterocycles. The second-order valence-electron chi connectivity index (χ2n) is 5.75. The highest BCUT2D eigenvalue weighted by molar-refractivity contribution is 7.92. The van der Waals surface area contributed by atoms with Gasteiger partial charge in [-0.1, -0.05) is 0 Å². The Labute approximate surface area is 140 Å².